The topological polar surface area (TPSA) is 18.5 Å². The molecule has 1 heterocycles. The van der Waals surface area contributed by atoms with Crippen LogP contribution in [-0.4, -0.2) is 33.3 Å². The summed E-state index contributed by atoms with van der Waals surface area (Å²) in [7, 11) is -0.0387. The summed E-state index contributed by atoms with van der Waals surface area (Å²) in [5.41, 5.74) is -0.449. The van der Waals surface area contributed by atoms with Crippen LogP contribution in [0.2, 0.25) is 11.1 Å². The maximum atomic E-state index is 6.54. The minimum atomic E-state index is -0.225. The molecular weight excluding hydrogens is 434 g/mol. The number of hydrogen-bond donors (Lipinski definition) is 0. The standard InChI is InChI=1S/C26H37BO2Se/c1-25(2)26(3,4)29-27(28-25)23(21-13-6-5-7-14-21)17-11-19-30-24-18-10-15-20-12-8-9-16-22(20)24/h8-10,12,15-16,18,21,23H,5-7,11,13-14,17,19H2,1-4H3. The van der Waals surface area contributed by atoms with Crippen molar-refractivity contribution >= 4 is 37.3 Å². The first-order valence-electron chi connectivity index (χ1n) is 11.8. The zero-order valence-electron chi connectivity index (χ0n) is 19.2. The van der Waals surface area contributed by atoms with E-state index in [1.165, 1.54) is 61.0 Å². The van der Waals surface area contributed by atoms with Gasteiger partial charge in [-0.25, -0.2) is 0 Å². The Labute approximate surface area is 189 Å². The first kappa shape index (κ1) is 22.4. The molecule has 30 heavy (non-hydrogen) atoms. The Hall–Kier alpha value is -0.796. The molecule has 2 aliphatic rings. The van der Waals surface area contributed by atoms with Gasteiger partial charge < -0.3 is 0 Å². The van der Waals surface area contributed by atoms with E-state index < -0.39 is 0 Å². The first-order valence-corrected chi connectivity index (χ1v) is 13.9. The van der Waals surface area contributed by atoms with E-state index in [0.29, 0.717) is 20.8 Å². The van der Waals surface area contributed by atoms with Crippen LogP contribution in [0.5, 0.6) is 0 Å². The number of benzene rings is 2. The molecule has 0 bridgehead atoms. The number of fused-ring (bicyclic) bond motifs is 1. The number of rotatable bonds is 7. The van der Waals surface area contributed by atoms with Gasteiger partial charge in [0.05, 0.1) is 0 Å². The minimum absolute atomic E-state index is 0.0387. The van der Waals surface area contributed by atoms with E-state index in [4.69, 9.17) is 9.31 Å². The molecule has 2 nitrogen and oxygen atoms in total. The summed E-state index contributed by atoms with van der Waals surface area (Å²) in [6, 6.07) is 15.6. The van der Waals surface area contributed by atoms with Crippen molar-refractivity contribution in [2.24, 2.45) is 5.92 Å². The van der Waals surface area contributed by atoms with Gasteiger partial charge in [-0.2, -0.15) is 0 Å². The van der Waals surface area contributed by atoms with Crippen LogP contribution in [-0.2, 0) is 9.31 Å². The zero-order valence-corrected chi connectivity index (χ0v) is 20.9. The van der Waals surface area contributed by atoms with Crippen molar-refractivity contribution in [2.75, 3.05) is 0 Å². The summed E-state index contributed by atoms with van der Waals surface area (Å²) < 4.78 is 14.6. The molecule has 0 N–H and O–H groups in total. The number of hydrogen-bond acceptors (Lipinski definition) is 2. The van der Waals surface area contributed by atoms with Crippen molar-refractivity contribution < 1.29 is 9.31 Å². The second-order valence-corrected chi connectivity index (χ2v) is 12.5. The Morgan fingerprint density at radius 3 is 2.33 bits per heavy atom. The molecule has 0 amide bonds. The molecule has 1 aliphatic carbocycles. The van der Waals surface area contributed by atoms with Gasteiger partial charge in [-0.3, -0.25) is 0 Å². The Bertz CT molecular complexity index is 823. The molecular formula is C26H37BO2Se. The molecule has 2 fully saturated rings. The van der Waals surface area contributed by atoms with E-state index in [0.717, 1.165) is 5.92 Å². The molecule has 1 atom stereocenters. The summed E-state index contributed by atoms with van der Waals surface area (Å²) in [4.78, 5) is 0. The van der Waals surface area contributed by atoms with E-state index in [-0.39, 0.29) is 18.3 Å². The van der Waals surface area contributed by atoms with Crippen molar-refractivity contribution in [2.45, 2.75) is 95.0 Å². The predicted octanol–water partition coefficient (Wildman–Crippen LogP) is 6.41. The van der Waals surface area contributed by atoms with Crippen LogP contribution in [0.4, 0.5) is 0 Å². The molecule has 4 rings (SSSR count). The van der Waals surface area contributed by atoms with Gasteiger partial charge >= 0.3 is 190 Å². The summed E-state index contributed by atoms with van der Waals surface area (Å²) in [6.07, 6.45) is 9.35. The van der Waals surface area contributed by atoms with E-state index in [1.807, 2.05) is 0 Å². The average Bonchev–Trinajstić information content (AvgIpc) is 2.95. The fourth-order valence-corrected chi connectivity index (χ4v) is 7.24. The third-order valence-corrected chi connectivity index (χ3v) is 10.00. The second-order valence-electron chi connectivity index (χ2n) is 10.2. The monoisotopic (exact) mass is 472 g/mol. The van der Waals surface area contributed by atoms with Gasteiger partial charge in [-0.05, 0) is 0 Å². The van der Waals surface area contributed by atoms with Gasteiger partial charge in [0, 0.05) is 0 Å². The van der Waals surface area contributed by atoms with Gasteiger partial charge in [0.2, 0.25) is 0 Å². The van der Waals surface area contributed by atoms with E-state index >= 15 is 0 Å². The van der Waals surface area contributed by atoms with Crippen LogP contribution in [0.3, 0.4) is 0 Å². The van der Waals surface area contributed by atoms with Crippen LogP contribution in [0.1, 0.15) is 72.6 Å². The summed E-state index contributed by atoms with van der Waals surface area (Å²) >= 11 is 0.522. The predicted molar refractivity (Wildman–Crippen MR) is 130 cm³/mol. The van der Waals surface area contributed by atoms with Crippen molar-refractivity contribution in [3.8, 4) is 0 Å². The van der Waals surface area contributed by atoms with Crippen LogP contribution < -0.4 is 4.46 Å². The quantitative estimate of drug-likeness (QED) is 0.343. The van der Waals surface area contributed by atoms with E-state index in [9.17, 15) is 0 Å². The third-order valence-electron chi connectivity index (χ3n) is 7.57. The fourth-order valence-electron chi connectivity index (χ4n) is 5.04. The molecule has 0 aromatic heterocycles. The van der Waals surface area contributed by atoms with Gasteiger partial charge in [0.1, 0.15) is 0 Å². The van der Waals surface area contributed by atoms with Crippen molar-refractivity contribution in [1.82, 2.24) is 0 Å². The summed E-state index contributed by atoms with van der Waals surface area (Å²) in [6.45, 7) is 8.76. The molecule has 1 unspecified atom stereocenters. The molecule has 1 saturated heterocycles. The molecule has 162 valence electrons. The van der Waals surface area contributed by atoms with E-state index in [1.54, 1.807) is 4.46 Å². The Morgan fingerprint density at radius 1 is 0.933 bits per heavy atom. The average molecular weight is 471 g/mol. The molecule has 0 radical (unpaired) electrons. The van der Waals surface area contributed by atoms with Gasteiger partial charge in [0.15, 0.2) is 0 Å². The zero-order chi connectivity index (χ0) is 21.2. The third kappa shape index (κ3) is 4.83. The van der Waals surface area contributed by atoms with Crippen molar-refractivity contribution in [1.29, 1.82) is 0 Å². The fraction of sp³-hybridized carbons (Fsp3) is 0.615. The normalized spacial score (nSPS) is 22.5. The first-order chi connectivity index (χ1) is 14.4. The van der Waals surface area contributed by atoms with Crippen LogP contribution in [0.25, 0.3) is 10.8 Å². The van der Waals surface area contributed by atoms with E-state index in [2.05, 4.69) is 70.2 Å². The van der Waals surface area contributed by atoms with Crippen molar-refractivity contribution in [3.05, 3.63) is 42.5 Å². The Balaban J connectivity index is 1.40. The molecule has 1 aliphatic heterocycles. The van der Waals surface area contributed by atoms with Crippen LogP contribution in [0.15, 0.2) is 42.5 Å². The molecule has 0 spiro atoms. The molecule has 1 saturated carbocycles. The SMILES string of the molecule is CC1(C)OB(C(CCC[Se]c2cccc3ccccc23)C2CCCCC2)OC1(C)C. The second kappa shape index (κ2) is 9.37. The molecule has 2 aromatic rings. The van der Waals surface area contributed by atoms with Gasteiger partial charge in [-0.1, -0.05) is 0 Å². The Morgan fingerprint density at radius 2 is 1.60 bits per heavy atom. The van der Waals surface area contributed by atoms with Gasteiger partial charge in [-0.15, -0.1) is 0 Å². The molecule has 2 aromatic carbocycles. The molecule has 4 heteroatoms. The Kier molecular flexibility index (Phi) is 6.99. The van der Waals surface area contributed by atoms with Crippen molar-refractivity contribution in [3.63, 3.8) is 0 Å². The van der Waals surface area contributed by atoms with Crippen LogP contribution >= 0.6 is 0 Å². The van der Waals surface area contributed by atoms with Gasteiger partial charge in [0.25, 0.3) is 0 Å². The maximum absolute atomic E-state index is 6.54. The summed E-state index contributed by atoms with van der Waals surface area (Å²) in [5.74, 6) is 1.30. The summed E-state index contributed by atoms with van der Waals surface area (Å²) in [5, 5.41) is 4.10. The van der Waals surface area contributed by atoms with Crippen LogP contribution in [0, 0.1) is 5.92 Å².